The Labute approximate surface area is 156 Å². The molecule has 0 aliphatic rings. The molecule has 2 aromatic carbocycles. The van der Waals surface area contributed by atoms with Gasteiger partial charge in [-0.2, -0.15) is 5.10 Å². The molecule has 0 bridgehead atoms. The third-order valence-electron chi connectivity index (χ3n) is 2.66. The number of aromatic hydroxyl groups is 1. The van der Waals surface area contributed by atoms with Crippen LogP contribution in [0.15, 0.2) is 59.7 Å². The predicted molar refractivity (Wildman–Crippen MR) is 90.1 cm³/mol. The van der Waals surface area contributed by atoms with E-state index >= 15 is 0 Å². The number of amidine groups is 1. The van der Waals surface area contributed by atoms with Crippen molar-refractivity contribution in [3.63, 3.8) is 0 Å². The molecule has 0 fully saturated rings. The van der Waals surface area contributed by atoms with Crippen molar-refractivity contribution in [2.45, 2.75) is 0 Å². The van der Waals surface area contributed by atoms with Crippen molar-refractivity contribution in [1.29, 1.82) is 0 Å². The van der Waals surface area contributed by atoms with E-state index < -0.39 is 11.8 Å². The Morgan fingerprint density at radius 1 is 1.00 bits per heavy atom. The number of nitrogens with zero attached hydrogens (tertiary/aromatic N) is 1. The minimum atomic E-state index is -0.630. The number of amides is 2. The number of hydrogen-bond donors (Lipinski definition) is 3. The molecule has 2 aromatic rings. The summed E-state index contributed by atoms with van der Waals surface area (Å²) in [6.45, 7) is 0. The molecule has 0 unspecified atom stereocenters. The van der Waals surface area contributed by atoms with E-state index in [1.807, 2.05) is 0 Å². The van der Waals surface area contributed by atoms with E-state index in [0.29, 0.717) is 5.56 Å². The average molecular weight is 405 g/mol. The molecule has 2 rings (SSSR count). The number of para-hydroxylation sites is 1. The first-order chi connectivity index (χ1) is 11.6. The maximum atomic E-state index is 11.8. The van der Waals surface area contributed by atoms with E-state index in [-0.39, 0.29) is 16.5 Å². The Bertz CT molecular complexity index is 729. The second-order valence-electron chi connectivity index (χ2n) is 4.20. The van der Waals surface area contributed by atoms with Crippen molar-refractivity contribution in [2.75, 3.05) is 0 Å². The zero-order valence-electron chi connectivity index (χ0n) is 12.1. The van der Waals surface area contributed by atoms with Gasteiger partial charge in [0.25, 0.3) is 11.8 Å². The Hall–Kier alpha value is -2.12. The fraction of sp³-hybridized carbons (Fsp3) is 0. The molecule has 0 aliphatic carbocycles. The summed E-state index contributed by atoms with van der Waals surface area (Å²) in [6, 6.07) is 14.5. The number of phenols is 1. The maximum absolute atomic E-state index is 11.8. The molecule has 6 nitrogen and oxygen atoms in total. The number of hydrazone groups is 1. The minimum absolute atomic E-state index is 0.0587. The van der Waals surface area contributed by atoms with E-state index in [1.54, 1.807) is 42.5 Å². The van der Waals surface area contributed by atoms with Gasteiger partial charge >= 0.3 is 25.2 Å². The van der Waals surface area contributed by atoms with E-state index in [0.717, 1.165) is 0 Å². The van der Waals surface area contributed by atoms with Crippen LogP contribution in [0.25, 0.3) is 0 Å². The van der Waals surface area contributed by atoms with Crippen molar-refractivity contribution in [3.05, 3.63) is 65.7 Å². The number of carbonyl (C=O) groups is 2. The van der Waals surface area contributed by atoms with Crippen LogP contribution < -0.4 is 10.7 Å². The summed E-state index contributed by atoms with van der Waals surface area (Å²) in [5.41, 5.74) is 2.65. The van der Waals surface area contributed by atoms with E-state index in [2.05, 4.69) is 41.0 Å². The fourth-order valence-electron chi connectivity index (χ4n) is 1.61. The summed E-state index contributed by atoms with van der Waals surface area (Å²) in [6.07, 6.45) is 0. The Morgan fingerprint density at radius 2 is 1.58 bits per heavy atom. The van der Waals surface area contributed by atoms with Crippen LogP contribution in [0.3, 0.4) is 0 Å². The zero-order chi connectivity index (χ0) is 17.9. The molecule has 2 amide bonds. The third kappa shape index (κ3) is 6.17. The summed E-state index contributed by atoms with van der Waals surface area (Å²) in [5, 5.41) is 15.3. The van der Waals surface area contributed by atoms with E-state index in [1.165, 1.54) is 12.1 Å². The van der Waals surface area contributed by atoms with Gasteiger partial charge in [-0.25, -0.2) is 5.43 Å². The number of hydrogen-bond acceptors (Lipinski definition) is 5. The van der Waals surface area contributed by atoms with Crippen LogP contribution in [0.4, 0.5) is 0 Å². The van der Waals surface area contributed by atoms with Crippen LogP contribution in [0.5, 0.6) is 5.75 Å². The first-order valence-corrected chi connectivity index (χ1v) is 8.45. The van der Waals surface area contributed by atoms with Gasteiger partial charge in [0.05, 0.1) is 5.56 Å². The third-order valence-corrected chi connectivity index (χ3v) is 2.86. The van der Waals surface area contributed by atoms with Crippen molar-refractivity contribution < 1.29 is 29.8 Å². The quantitative estimate of drug-likeness (QED) is 0.240. The van der Waals surface area contributed by atoms with Gasteiger partial charge in [0.2, 0.25) is 0 Å². The normalized spacial score (nSPS) is 10.1. The number of carbonyl (C=O) groups excluding carboxylic acids is 2. The monoisotopic (exact) mass is 404 g/mol. The second-order valence-corrected chi connectivity index (χ2v) is 4.58. The van der Waals surface area contributed by atoms with Crippen molar-refractivity contribution in [1.82, 2.24) is 10.7 Å². The Kier molecular flexibility index (Phi) is 8.81. The average Bonchev–Trinajstić information content (AvgIpc) is 2.62. The van der Waals surface area contributed by atoms with Crippen molar-refractivity contribution in [3.8, 4) is 5.75 Å². The van der Waals surface area contributed by atoms with Crippen LogP contribution in [0.1, 0.15) is 20.7 Å². The van der Waals surface area contributed by atoms with E-state index in [9.17, 15) is 14.7 Å². The van der Waals surface area contributed by atoms with Gasteiger partial charge in [0.15, 0.2) is 0 Å². The van der Waals surface area contributed by atoms with Crippen molar-refractivity contribution in [2.24, 2.45) is 5.10 Å². The summed E-state index contributed by atoms with van der Waals surface area (Å²) >= 11 is 7.27. The molecule has 0 saturated carbocycles. The molecule has 9 heteroatoms. The van der Waals surface area contributed by atoms with Gasteiger partial charge in [-0.3, -0.25) is 9.59 Å². The molecule has 0 aromatic heterocycles. The van der Waals surface area contributed by atoms with Crippen molar-refractivity contribution >= 4 is 39.7 Å². The number of halogens is 1. The molecule has 24 heavy (non-hydrogen) atoms. The van der Waals surface area contributed by atoms with Gasteiger partial charge in [0, 0.05) is 10.7 Å². The first kappa shape index (κ1) is 19.9. The fourth-order valence-corrected chi connectivity index (χ4v) is 1.75. The molecular weight excluding hydrogens is 393 g/mol. The Morgan fingerprint density at radius 3 is 2.21 bits per heavy atom. The van der Waals surface area contributed by atoms with Gasteiger partial charge < -0.3 is 23.1 Å². The molecule has 0 saturated heterocycles. The summed E-state index contributed by atoms with van der Waals surface area (Å²) in [5.74, 6) is -1.23. The van der Waals surface area contributed by atoms with Gasteiger partial charge in [0.1, 0.15) is 5.75 Å². The molecule has 0 aliphatic heterocycles. The summed E-state index contributed by atoms with van der Waals surface area (Å²) < 4.78 is 0. The summed E-state index contributed by atoms with van der Waals surface area (Å²) in [4.78, 5) is 23.6. The molecule has 0 atom stereocenters. The summed E-state index contributed by atoms with van der Waals surface area (Å²) in [7, 11) is 4.45. The zero-order valence-corrected chi connectivity index (χ0v) is 14.8. The number of nitrogens with one attached hydrogen (secondary N) is 2. The van der Waals surface area contributed by atoms with E-state index in [4.69, 9.17) is 12.6 Å². The predicted octanol–water partition coefficient (Wildman–Crippen LogP) is 2.06. The molecule has 3 N–H and O–H groups in total. The molecule has 125 valence electrons. The molecule has 0 heterocycles. The van der Waals surface area contributed by atoms with Gasteiger partial charge in [-0.05, 0) is 24.3 Å². The van der Waals surface area contributed by atoms with Crippen LogP contribution in [0.2, 0.25) is 0 Å². The van der Waals surface area contributed by atoms with Crippen LogP contribution in [-0.2, 0) is 27.7 Å². The standard InChI is InChI=1S/C15H13N3O3S.ClH.Mn/c19-12-9-5-4-8-11(12)14(21)17-18-15(22)16-13(20)10-6-2-1-3-7-10;;/h1-9,19H,(H,17,21)(H2,16,18,20,22);1H;/q;;+2/p-2. The molecular formula is C15H12ClMnN3O3S. The Balaban J connectivity index is 0.00000139. The molecule has 0 radical (unpaired) electrons. The number of benzene rings is 2. The number of rotatable bonds is 3. The van der Waals surface area contributed by atoms with Gasteiger partial charge in [-0.15, -0.1) is 0 Å². The second kappa shape index (κ2) is 10.6. The van der Waals surface area contributed by atoms with Crippen LogP contribution in [-0.4, -0.2) is 22.1 Å². The molecule has 0 spiro atoms. The van der Waals surface area contributed by atoms with Crippen LogP contribution >= 0.6 is 10.1 Å². The topological polar surface area (TPSA) is 90.8 Å². The van der Waals surface area contributed by atoms with Gasteiger partial charge in [-0.1, -0.05) is 30.3 Å². The van der Waals surface area contributed by atoms with Crippen LogP contribution in [0, 0.1) is 0 Å². The first-order valence-electron chi connectivity index (χ1n) is 6.41. The number of phenolic OH excluding ortho intramolecular Hbond substituents is 1. The SMILES string of the molecule is O=C(N/C([S-])=N/NC(=O)c1ccccc1O)c1ccccc1.[Cl][Mn+].